The number of hydrogen-bond acceptors (Lipinski definition) is 10. The van der Waals surface area contributed by atoms with Gasteiger partial charge in [-0.15, -0.1) is 0 Å². The normalized spacial score (nSPS) is 13.6. The molecular weight excluding hydrogens is 544 g/mol. The van der Waals surface area contributed by atoms with Crippen LogP contribution in [-0.4, -0.2) is 119 Å². The number of aromatic hydroxyl groups is 2. The Kier molecular flexibility index (Phi) is 13.3. The maximum Gasteiger partial charge on any atom is 0.227 e. The first-order valence-electron chi connectivity index (χ1n) is 14.3. The van der Waals surface area contributed by atoms with E-state index in [1.54, 1.807) is 37.3 Å². The van der Waals surface area contributed by atoms with Crippen molar-refractivity contribution in [3.8, 4) is 23.0 Å². The van der Waals surface area contributed by atoms with Gasteiger partial charge in [0, 0.05) is 58.6 Å². The number of amides is 1. The van der Waals surface area contributed by atoms with Crippen molar-refractivity contribution in [3.05, 3.63) is 46.5 Å². The fourth-order valence-electron chi connectivity index (χ4n) is 4.99. The molecule has 1 fully saturated rings. The summed E-state index contributed by atoms with van der Waals surface area (Å²) < 4.78 is 27.2. The Balaban J connectivity index is 1.84. The van der Waals surface area contributed by atoms with E-state index in [0.29, 0.717) is 56.4 Å². The van der Waals surface area contributed by atoms with Crippen molar-refractivity contribution < 1.29 is 43.5 Å². The van der Waals surface area contributed by atoms with Crippen molar-refractivity contribution in [2.75, 3.05) is 87.1 Å². The number of benzene rings is 2. The van der Waals surface area contributed by atoms with Crippen LogP contribution in [0.15, 0.2) is 24.3 Å². The standard InChI is InChI=1S/C31H44N2O9/c1-5-23-24(20-29(36)33(12-15-38-2)13-16-39-3)30(26(35)21-25(23)34)31(37)22-7-8-27(28(19-22)40-4)42-14-6-9-32-10-17-41-18-11-32/h7-8,19,21,34-35H,5-6,9-18,20H2,1-4H3. The molecule has 0 aromatic heterocycles. The summed E-state index contributed by atoms with van der Waals surface area (Å²) in [5.74, 6) is -0.473. The predicted octanol–water partition coefficient (Wildman–Crippen LogP) is 2.66. The summed E-state index contributed by atoms with van der Waals surface area (Å²) in [7, 11) is 4.60. The zero-order chi connectivity index (χ0) is 30.5. The maximum atomic E-state index is 13.9. The number of rotatable bonds is 17. The molecule has 42 heavy (non-hydrogen) atoms. The van der Waals surface area contributed by atoms with E-state index in [0.717, 1.165) is 45.3 Å². The van der Waals surface area contributed by atoms with Crippen LogP contribution in [0.4, 0.5) is 0 Å². The first kappa shape index (κ1) is 33.1. The number of phenols is 2. The largest absolute Gasteiger partial charge is 0.508 e. The zero-order valence-corrected chi connectivity index (χ0v) is 25.1. The second-order valence-corrected chi connectivity index (χ2v) is 9.99. The first-order valence-corrected chi connectivity index (χ1v) is 14.3. The van der Waals surface area contributed by atoms with Gasteiger partial charge < -0.3 is 38.8 Å². The van der Waals surface area contributed by atoms with Crippen LogP contribution in [0.3, 0.4) is 0 Å². The lowest BCUT2D eigenvalue weighted by Crippen LogP contribution is -2.37. The Morgan fingerprint density at radius 3 is 2.24 bits per heavy atom. The van der Waals surface area contributed by atoms with E-state index >= 15 is 0 Å². The first-order chi connectivity index (χ1) is 20.3. The van der Waals surface area contributed by atoms with Gasteiger partial charge in [0.25, 0.3) is 0 Å². The molecule has 232 valence electrons. The monoisotopic (exact) mass is 588 g/mol. The molecule has 1 heterocycles. The highest BCUT2D eigenvalue weighted by Crippen LogP contribution is 2.36. The fourth-order valence-corrected chi connectivity index (χ4v) is 4.99. The minimum atomic E-state index is -0.498. The third-order valence-electron chi connectivity index (χ3n) is 7.30. The summed E-state index contributed by atoms with van der Waals surface area (Å²) in [6.45, 7) is 7.84. The maximum absolute atomic E-state index is 13.9. The van der Waals surface area contributed by atoms with Crippen LogP contribution in [0.5, 0.6) is 23.0 Å². The van der Waals surface area contributed by atoms with E-state index in [4.69, 9.17) is 23.7 Å². The van der Waals surface area contributed by atoms with Gasteiger partial charge in [0.05, 0.1) is 52.1 Å². The second-order valence-electron chi connectivity index (χ2n) is 9.99. The minimum Gasteiger partial charge on any atom is -0.508 e. The van der Waals surface area contributed by atoms with Crippen molar-refractivity contribution >= 4 is 11.7 Å². The molecule has 0 unspecified atom stereocenters. The van der Waals surface area contributed by atoms with Crippen molar-refractivity contribution in [3.63, 3.8) is 0 Å². The molecule has 1 saturated heterocycles. The van der Waals surface area contributed by atoms with Crippen molar-refractivity contribution in [1.82, 2.24) is 9.80 Å². The topological polar surface area (TPSA) is 127 Å². The van der Waals surface area contributed by atoms with Gasteiger partial charge in [0.2, 0.25) is 5.91 Å². The van der Waals surface area contributed by atoms with Crippen LogP contribution >= 0.6 is 0 Å². The van der Waals surface area contributed by atoms with E-state index in [1.165, 1.54) is 7.11 Å². The molecule has 0 radical (unpaired) electrons. The summed E-state index contributed by atoms with van der Waals surface area (Å²) >= 11 is 0. The molecule has 2 aromatic carbocycles. The van der Waals surface area contributed by atoms with E-state index in [2.05, 4.69) is 4.90 Å². The number of nitrogens with zero attached hydrogens (tertiary/aromatic N) is 2. The van der Waals surface area contributed by atoms with Gasteiger partial charge in [-0.05, 0) is 42.2 Å². The van der Waals surface area contributed by atoms with Crippen LogP contribution in [-0.2, 0) is 31.8 Å². The highest BCUT2D eigenvalue weighted by atomic mass is 16.5. The molecule has 2 aromatic rings. The third kappa shape index (κ3) is 8.81. The van der Waals surface area contributed by atoms with E-state index in [-0.39, 0.29) is 34.8 Å². The number of phenolic OH excluding ortho intramolecular Hbond substituents is 2. The summed E-state index contributed by atoms with van der Waals surface area (Å²) in [6.07, 6.45) is 0.987. The molecule has 1 aliphatic heterocycles. The Labute approximate surface area is 247 Å². The van der Waals surface area contributed by atoms with Crippen molar-refractivity contribution in [1.29, 1.82) is 0 Å². The SMILES string of the molecule is CCc1c(O)cc(O)c(C(=O)c2ccc(OCCCN3CCOCC3)c(OC)c2)c1CC(=O)N(CCOC)CCOC. The Morgan fingerprint density at radius 1 is 0.929 bits per heavy atom. The van der Waals surface area contributed by atoms with Crippen LogP contribution in [0.25, 0.3) is 0 Å². The summed E-state index contributed by atoms with van der Waals surface area (Å²) in [6, 6.07) is 5.99. The Hall–Kier alpha value is -3.38. The number of methoxy groups -OCH3 is 3. The molecule has 0 spiro atoms. The van der Waals surface area contributed by atoms with Crippen LogP contribution < -0.4 is 9.47 Å². The number of morpholine rings is 1. The minimum absolute atomic E-state index is 0.0299. The molecule has 1 amide bonds. The van der Waals surface area contributed by atoms with Gasteiger partial charge >= 0.3 is 0 Å². The number of ether oxygens (including phenoxy) is 5. The van der Waals surface area contributed by atoms with Gasteiger partial charge in [0.15, 0.2) is 17.3 Å². The van der Waals surface area contributed by atoms with Gasteiger partial charge in [0.1, 0.15) is 11.5 Å². The number of ketones is 1. The average molecular weight is 589 g/mol. The molecule has 0 atom stereocenters. The van der Waals surface area contributed by atoms with E-state index in [1.807, 2.05) is 6.92 Å². The molecule has 11 nitrogen and oxygen atoms in total. The third-order valence-corrected chi connectivity index (χ3v) is 7.30. The lowest BCUT2D eigenvalue weighted by atomic mass is 9.89. The summed E-state index contributed by atoms with van der Waals surface area (Å²) in [5.41, 5.74) is 0.930. The lowest BCUT2D eigenvalue weighted by molar-refractivity contribution is -0.131. The van der Waals surface area contributed by atoms with Crippen LogP contribution in [0, 0.1) is 0 Å². The molecule has 2 N–H and O–H groups in total. The van der Waals surface area contributed by atoms with Gasteiger partial charge in [-0.2, -0.15) is 0 Å². The number of hydrogen-bond donors (Lipinski definition) is 2. The molecule has 0 aliphatic carbocycles. The highest BCUT2D eigenvalue weighted by molar-refractivity contribution is 6.12. The molecule has 3 rings (SSSR count). The van der Waals surface area contributed by atoms with Crippen molar-refractivity contribution in [2.24, 2.45) is 0 Å². The Morgan fingerprint density at radius 2 is 1.62 bits per heavy atom. The molecule has 11 heteroatoms. The predicted molar refractivity (Wildman–Crippen MR) is 157 cm³/mol. The lowest BCUT2D eigenvalue weighted by Gasteiger charge is -2.26. The summed E-state index contributed by atoms with van der Waals surface area (Å²) in [5, 5.41) is 21.5. The number of carbonyl (C=O) groups excluding carboxylic acids is 2. The highest BCUT2D eigenvalue weighted by Gasteiger charge is 2.27. The molecule has 1 aliphatic rings. The second kappa shape index (κ2) is 16.9. The quantitative estimate of drug-likeness (QED) is 0.210. The van der Waals surface area contributed by atoms with Crippen LogP contribution in [0.1, 0.15) is 40.4 Å². The zero-order valence-electron chi connectivity index (χ0n) is 25.1. The van der Waals surface area contributed by atoms with E-state index in [9.17, 15) is 19.8 Å². The van der Waals surface area contributed by atoms with Gasteiger partial charge in [-0.3, -0.25) is 14.5 Å². The number of carbonyl (C=O) groups is 2. The fraction of sp³-hybridized carbons (Fsp3) is 0.548. The van der Waals surface area contributed by atoms with Crippen LogP contribution in [0.2, 0.25) is 0 Å². The van der Waals surface area contributed by atoms with E-state index < -0.39 is 11.5 Å². The van der Waals surface area contributed by atoms with Crippen molar-refractivity contribution in [2.45, 2.75) is 26.2 Å². The summed E-state index contributed by atoms with van der Waals surface area (Å²) in [4.78, 5) is 31.2. The van der Waals surface area contributed by atoms with Gasteiger partial charge in [-0.25, -0.2) is 0 Å². The molecular formula is C31H44N2O9. The Bertz CT molecular complexity index is 1170. The smallest absolute Gasteiger partial charge is 0.227 e. The van der Waals surface area contributed by atoms with Gasteiger partial charge in [-0.1, -0.05) is 6.92 Å². The molecule has 0 bridgehead atoms. The average Bonchev–Trinajstić information content (AvgIpc) is 2.99. The molecule has 0 saturated carbocycles.